The average molecular weight is 342 g/mol. The molecule has 0 radical (unpaired) electrons. The molecule has 1 rings (SSSR count). The zero-order chi connectivity index (χ0) is 12.9. The van der Waals surface area contributed by atoms with E-state index >= 15 is 0 Å². The van der Waals surface area contributed by atoms with Crippen LogP contribution in [0.4, 0.5) is 0 Å². The third-order valence-corrected chi connectivity index (χ3v) is 3.88. The summed E-state index contributed by atoms with van der Waals surface area (Å²) in [7, 11) is 1.71. The Kier molecular flexibility index (Phi) is 5.92. The van der Waals surface area contributed by atoms with Crippen molar-refractivity contribution in [3.63, 3.8) is 0 Å². The molecular formula is C11H14BrClO3S. The van der Waals surface area contributed by atoms with Gasteiger partial charge in [-0.15, -0.1) is 0 Å². The first-order chi connectivity index (χ1) is 7.87. The maximum atomic E-state index is 10.8. The molecule has 0 heterocycles. The van der Waals surface area contributed by atoms with Gasteiger partial charge in [-0.3, -0.25) is 0 Å². The summed E-state index contributed by atoms with van der Waals surface area (Å²) in [6, 6.07) is 7.78. The Morgan fingerprint density at radius 3 is 2.76 bits per heavy atom. The fourth-order valence-corrected chi connectivity index (χ4v) is 3.26. The van der Waals surface area contributed by atoms with Crippen LogP contribution in [-0.2, 0) is 20.4 Å². The molecule has 3 nitrogen and oxygen atoms in total. The van der Waals surface area contributed by atoms with Crippen molar-refractivity contribution in [1.82, 2.24) is 0 Å². The molecule has 17 heavy (non-hydrogen) atoms. The Morgan fingerprint density at radius 2 is 2.18 bits per heavy atom. The number of hydrogen-bond acceptors (Lipinski definition) is 3. The van der Waals surface area contributed by atoms with E-state index in [-0.39, 0.29) is 11.7 Å². The van der Waals surface area contributed by atoms with Crippen molar-refractivity contribution in [2.75, 3.05) is 12.4 Å². The maximum Gasteiger partial charge on any atom is 0.232 e. The molecule has 1 aromatic carbocycles. The third-order valence-electron chi connectivity index (χ3n) is 2.04. The third kappa shape index (κ3) is 7.03. The topological polar surface area (TPSA) is 43.4 Å². The number of benzene rings is 1. The molecule has 0 aliphatic rings. The highest BCUT2D eigenvalue weighted by Crippen LogP contribution is 2.13. The van der Waals surface area contributed by atoms with Gasteiger partial charge in [0.2, 0.25) is 9.05 Å². The number of ether oxygens (including phenoxy) is 1. The monoisotopic (exact) mass is 340 g/mol. The van der Waals surface area contributed by atoms with E-state index in [1.54, 1.807) is 6.92 Å². The minimum absolute atomic E-state index is 0.0625. The lowest BCUT2D eigenvalue weighted by molar-refractivity contribution is 0.0978. The Morgan fingerprint density at radius 1 is 1.47 bits per heavy atom. The molecule has 1 unspecified atom stereocenters. The average Bonchev–Trinajstić information content (AvgIpc) is 2.14. The molecule has 0 bridgehead atoms. The van der Waals surface area contributed by atoms with Crippen molar-refractivity contribution in [2.24, 2.45) is 5.92 Å². The van der Waals surface area contributed by atoms with Gasteiger partial charge in [0.15, 0.2) is 0 Å². The second-order valence-corrected chi connectivity index (χ2v) is 7.69. The van der Waals surface area contributed by atoms with E-state index in [4.69, 9.17) is 15.4 Å². The van der Waals surface area contributed by atoms with E-state index in [1.165, 1.54) is 0 Å². The van der Waals surface area contributed by atoms with Gasteiger partial charge in [0.1, 0.15) is 0 Å². The molecule has 0 N–H and O–H groups in total. The van der Waals surface area contributed by atoms with Gasteiger partial charge in [-0.25, -0.2) is 8.42 Å². The first-order valence-electron chi connectivity index (χ1n) is 5.11. The molecule has 0 saturated carbocycles. The first kappa shape index (κ1) is 15.0. The van der Waals surface area contributed by atoms with Crippen LogP contribution in [0.25, 0.3) is 0 Å². The van der Waals surface area contributed by atoms with Crippen LogP contribution >= 0.6 is 26.6 Å². The van der Waals surface area contributed by atoms with Crippen molar-refractivity contribution in [3.05, 3.63) is 34.3 Å². The molecule has 0 aliphatic carbocycles. The summed E-state index contributed by atoms with van der Waals surface area (Å²) in [5, 5.41) is 0. The van der Waals surface area contributed by atoms with Crippen LogP contribution in [0.1, 0.15) is 12.5 Å². The van der Waals surface area contributed by atoms with Gasteiger partial charge < -0.3 is 4.74 Å². The normalized spacial score (nSPS) is 13.6. The second-order valence-electron chi connectivity index (χ2n) is 3.96. The van der Waals surface area contributed by atoms with E-state index in [1.807, 2.05) is 24.3 Å². The summed E-state index contributed by atoms with van der Waals surface area (Å²) in [5.74, 6) is -0.169. The molecule has 0 aromatic heterocycles. The van der Waals surface area contributed by atoms with E-state index in [2.05, 4.69) is 15.9 Å². The highest BCUT2D eigenvalue weighted by Gasteiger charge is 2.12. The van der Waals surface area contributed by atoms with Crippen molar-refractivity contribution >= 4 is 35.7 Å². The Bertz CT molecular complexity index is 462. The molecule has 0 spiro atoms. The minimum atomic E-state index is -3.44. The van der Waals surface area contributed by atoms with Gasteiger partial charge in [-0.05, 0) is 23.6 Å². The van der Waals surface area contributed by atoms with Gasteiger partial charge in [-0.1, -0.05) is 35.0 Å². The molecule has 0 saturated heterocycles. The fraction of sp³-hybridized carbons (Fsp3) is 0.455. The summed E-state index contributed by atoms with van der Waals surface area (Å²) in [4.78, 5) is 0. The summed E-state index contributed by atoms with van der Waals surface area (Å²) < 4.78 is 28.1. The van der Waals surface area contributed by atoms with E-state index < -0.39 is 9.05 Å². The number of halogens is 2. The molecule has 96 valence electrons. The Hall–Kier alpha value is -0.100. The standard InChI is InChI=1S/C11H14BrClO3S/c1-9(8-17(13,14)15)6-16-7-10-3-2-4-11(12)5-10/h2-5,9H,6-8H2,1H3. The molecular weight excluding hydrogens is 328 g/mol. The van der Waals surface area contributed by atoms with Gasteiger partial charge in [0.25, 0.3) is 0 Å². The van der Waals surface area contributed by atoms with Crippen LogP contribution in [0, 0.1) is 5.92 Å². The van der Waals surface area contributed by atoms with Crippen molar-refractivity contribution < 1.29 is 13.2 Å². The Labute approximate surface area is 115 Å². The van der Waals surface area contributed by atoms with Gasteiger partial charge in [-0.2, -0.15) is 0 Å². The van der Waals surface area contributed by atoms with Crippen molar-refractivity contribution in [1.29, 1.82) is 0 Å². The minimum Gasteiger partial charge on any atom is -0.376 e. The van der Waals surface area contributed by atoms with Crippen LogP contribution in [0.5, 0.6) is 0 Å². The lowest BCUT2D eigenvalue weighted by Gasteiger charge is -2.10. The van der Waals surface area contributed by atoms with E-state index in [9.17, 15) is 8.42 Å². The van der Waals surface area contributed by atoms with E-state index in [0.717, 1.165) is 10.0 Å². The first-order valence-corrected chi connectivity index (χ1v) is 8.38. The largest absolute Gasteiger partial charge is 0.376 e. The smallest absolute Gasteiger partial charge is 0.232 e. The molecule has 0 fully saturated rings. The van der Waals surface area contributed by atoms with Crippen LogP contribution in [0.3, 0.4) is 0 Å². The summed E-state index contributed by atoms with van der Waals surface area (Å²) in [6.45, 7) is 2.63. The SMILES string of the molecule is CC(COCc1cccc(Br)c1)CS(=O)(=O)Cl. The molecule has 1 atom stereocenters. The molecule has 1 aromatic rings. The fourth-order valence-electron chi connectivity index (χ4n) is 1.39. The summed E-state index contributed by atoms with van der Waals surface area (Å²) in [5.41, 5.74) is 1.04. The van der Waals surface area contributed by atoms with E-state index in [0.29, 0.717) is 13.2 Å². The predicted molar refractivity (Wildman–Crippen MR) is 72.6 cm³/mol. The molecule has 0 amide bonds. The van der Waals surface area contributed by atoms with Gasteiger partial charge >= 0.3 is 0 Å². The lowest BCUT2D eigenvalue weighted by atomic mass is 10.2. The van der Waals surface area contributed by atoms with Crippen LogP contribution in [-0.4, -0.2) is 20.8 Å². The number of hydrogen-bond donors (Lipinski definition) is 0. The highest BCUT2D eigenvalue weighted by atomic mass is 79.9. The van der Waals surface area contributed by atoms with Crippen LogP contribution < -0.4 is 0 Å². The quantitative estimate of drug-likeness (QED) is 0.746. The van der Waals surface area contributed by atoms with Gasteiger partial charge in [0.05, 0.1) is 19.0 Å². The molecule has 6 heteroatoms. The summed E-state index contributed by atoms with van der Waals surface area (Å²) >= 11 is 3.37. The lowest BCUT2D eigenvalue weighted by Crippen LogP contribution is -2.14. The Balaban J connectivity index is 2.33. The van der Waals surface area contributed by atoms with Crippen LogP contribution in [0.15, 0.2) is 28.7 Å². The van der Waals surface area contributed by atoms with Crippen molar-refractivity contribution in [2.45, 2.75) is 13.5 Å². The predicted octanol–water partition coefficient (Wildman–Crippen LogP) is 3.17. The van der Waals surface area contributed by atoms with Crippen LogP contribution in [0.2, 0.25) is 0 Å². The van der Waals surface area contributed by atoms with Gasteiger partial charge in [0, 0.05) is 15.2 Å². The highest BCUT2D eigenvalue weighted by molar-refractivity contribution is 9.10. The second kappa shape index (κ2) is 6.73. The zero-order valence-corrected chi connectivity index (χ0v) is 12.6. The van der Waals surface area contributed by atoms with Crippen molar-refractivity contribution in [3.8, 4) is 0 Å². The maximum absolute atomic E-state index is 10.8. The summed E-state index contributed by atoms with van der Waals surface area (Å²) in [6.07, 6.45) is 0. The molecule has 0 aliphatic heterocycles. The zero-order valence-electron chi connectivity index (χ0n) is 9.40. The number of rotatable bonds is 6.